The normalized spacial score (nSPS) is 10.1. The van der Waals surface area contributed by atoms with Crippen LogP contribution in [0.4, 0.5) is 16.4 Å². The van der Waals surface area contributed by atoms with Crippen LogP contribution in [-0.2, 0) is 19.6 Å². The summed E-state index contributed by atoms with van der Waals surface area (Å²) in [4.78, 5) is 9.89. The van der Waals surface area contributed by atoms with Crippen LogP contribution in [0.5, 0.6) is 0 Å². The van der Waals surface area contributed by atoms with Gasteiger partial charge in [-0.2, -0.15) is 0 Å². The molecule has 3 aromatic heterocycles. The lowest BCUT2D eigenvalue weighted by molar-refractivity contribution is 0.281. The minimum Gasteiger partial charge on any atom is -0.392 e. The van der Waals surface area contributed by atoms with Crippen LogP contribution in [0.2, 0.25) is 0 Å². The van der Waals surface area contributed by atoms with Gasteiger partial charge in [-0.25, -0.2) is 0 Å². The lowest BCUT2D eigenvalue weighted by atomic mass is 10.0. The van der Waals surface area contributed by atoms with Crippen LogP contribution in [0, 0.1) is 47.9 Å². The van der Waals surface area contributed by atoms with Gasteiger partial charge < -0.3 is 15.1 Å². The number of anilines is 3. The van der Waals surface area contributed by atoms with E-state index in [9.17, 15) is 10.2 Å². The quantitative estimate of drug-likeness (QED) is 0.105. The summed E-state index contributed by atoms with van der Waals surface area (Å²) in [5.74, 6) is 19.2. The highest BCUT2D eigenvalue weighted by Crippen LogP contribution is 2.48. The van der Waals surface area contributed by atoms with Crippen molar-refractivity contribution < 1.29 is 10.2 Å². The Labute approximate surface area is 285 Å². The molecule has 47 heavy (non-hydrogen) atoms. The lowest BCUT2D eigenvalue weighted by Gasteiger charge is -2.24. The molecule has 0 aliphatic heterocycles. The number of nitrogens with zero attached hydrogens (tertiary/aromatic N) is 2. The van der Waals surface area contributed by atoms with Crippen molar-refractivity contribution in [2.24, 2.45) is 0 Å². The van der Waals surface area contributed by atoms with Crippen LogP contribution >= 0.6 is 22.7 Å². The number of hydrogen-bond donors (Lipinski definition) is 2. The number of unbranched alkanes of at least 4 members (excludes halogenated alkanes) is 3. The van der Waals surface area contributed by atoms with Crippen LogP contribution in [0.3, 0.4) is 0 Å². The molecule has 3 heterocycles. The number of thiophene rings is 2. The monoisotopic (exact) mass is 650 g/mol. The average Bonchev–Trinajstić information content (AvgIpc) is 3.74. The number of aryl methyl sites for hydroxylation is 1. The molecule has 4 nitrogen and oxygen atoms in total. The fraction of sp³-hybridized carbons (Fsp3) is 0.195. The Kier molecular flexibility index (Phi) is 12.1. The van der Waals surface area contributed by atoms with Gasteiger partial charge in [-0.1, -0.05) is 56.4 Å². The summed E-state index contributed by atoms with van der Waals surface area (Å²) in [6.45, 7) is 2.18. The van der Waals surface area contributed by atoms with Crippen molar-refractivity contribution in [3.8, 4) is 68.1 Å². The second kappa shape index (κ2) is 17.0. The zero-order chi connectivity index (χ0) is 32.8. The highest BCUT2D eigenvalue weighted by molar-refractivity contribution is 7.26. The molecule has 0 fully saturated rings. The van der Waals surface area contributed by atoms with Gasteiger partial charge >= 0.3 is 0 Å². The molecule has 0 amide bonds. The Hall–Kier alpha value is -5.05. The van der Waals surface area contributed by atoms with Crippen molar-refractivity contribution in [1.82, 2.24) is 4.98 Å². The fourth-order valence-corrected chi connectivity index (χ4v) is 7.60. The molecule has 5 rings (SSSR count). The molecule has 6 heteroatoms. The highest BCUT2D eigenvalue weighted by atomic mass is 32.1. The van der Waals surface area contributed by atoms with Crippen LogP contribution in [-0.4, -0.2) is 15.2 Å². The summed E-state index contributed by atoms with van der Waals surface area (Å²) in [6.07, 6.45) is 14.7. The van der Waals surface area contributed by atoms with Gasteiger partial charge in [0, 0.05) is 39.1 Å². The number of aliphatic hydroxyl groups excluding tert-OH is 2. The third-order valence-electron chi connectivity index (χ3n) is 7.49. The number of aromatic nitrogens is 1. The number of rotatable bonds is 12. The Morgan fingerprint density at radius 1 is 0.723 bits per heavy atom. The van der Waals surface area contributed by atoms with Crippen LogP contribution < -0.4 is 4.90 Å². The molecule has 0 saturated heterocycles. The van der Waals surface area contributed by atoms with Gasteiger partial charge in [0.1, 0.15) is 5.00 Å². The SMILES string of the molecule is C#CC#CC#CC#Cc1cc(N(c2ccc(CO)cc2)c2ccc(CO)cc2)sc1-c1cc(CCCCCC)c(-c2ccncc2)s1. The number of hydrogen-bond acceptors (Lipinski definition) is 6. The van der Waals surface area contributed by atoms with Gasteiger partial charge in [-0.05, 0) is 119 Å². The first-order chi connectivity index (χ1) is 23.1. The van der Waals surface area contributed by atoms with Gasteiger partial charge in [0.05, 0.1) is 18.1 Å². The van der Waals surface area contributed by atoms with Crippen molar-refractivity contribution in [1.29, 1.82) is 0 Å². The van der Waals surface area contributed by atoms with E-state index in [4.69, 9.17) is 6.42 Å². The molecule has 2 N–H and O–H groups in total. The summed E-state index contributed by atoms with van der Waals surface area (Å²) in [7, 11) is 0. The van der Waals surface area contributed by atoms with Gasteiger partial charge in [0.15, 0.2) is 0 Å². The summed E-state index contributed by atoms with van der Waals surface area (Å²) in [5.41, 5.74) is 6.92. The standard InChI is InChI=1S/C41H34N2O2S2/c1-3-5-7-9-10-12-14-35-28-39(43(36-19-15-31(29-44)16-20-36)37-21-17-32(30-45)18-22-37)47-41(35)38-27-34(13-11-8-6-4-2)40(46-38)33-23-25-42-26-24-33/h1,15-28,44-45H,4,6,8,11,13,29-30H2,2H3. The van der Waals surface area contributed by atoms with Gasteiger partial charge in [0.25, 0.3) is 0 Å². The summed E-state index contributed by atoms with van der Waals surface area (Å²) < 4.78 is 0. The Morgan fingerprint density at radius 3 is 1.98 bits per heavy atom. The van der Waals surface area contributed by atoms with E-state index in [0.29, 0.717) is 0 Å². The Morgan fingerprint density at radius 2 is 1.36 bits per heavy atom. The predicted molar refractivity (Wildman–Crippen MR) is 197 cm³/mol. The fourth-order valence-electron chi connectivity index (χ4n) is 5.11. The molecule has 0 atom stereocenters. The lowest BCUT2D eigenvalue weighted by Crippen LogP contribution is -2.08. The maximum atomic E-state index is 9.68. The van der Waals surface area contributed by atoms with E-state index in [-0.39, 0.29) is 13.2 Å². The molecule has 2 aromatic carbocycles. The van der Waals surface area contributed by atoms with E-state index >= 15 is 0 Å². The van der Waals surface area contributed by atoms with E-state index in [2.05, 4.69) is 82.5 Å². The largest absolute Gasteiger partial charge is 0.392 e. The maximum Gasteiger partial charge on any atom is 0.102 e. The number of pyridine rings is 1. The zero-order valence-electron chi connectivity index (χ0n) is 26.2. The summed E-state index contributed by atoms with van der Waals surface area (Å²) in [5, 5.41) is 20.3. The first-order valence-corrected chi connectivity index (χ1v) is 17.1. The van der Waals surface area contributed by atoms with Gasteiger partial charge in [0.2, 0.25) is 0 Å². The Bertz CT molecular complexity index is 1970. The molecule has 0 spiro atoms. The van der Waals surface area contributed by atoms with Crippen molar-refractivity contribution in [3.63, 3.8) is 0 Å². The first-order valence-electron chi connectivity index (χ1n) is 15.5. The van der Waals surface area contributed by atoms with Crippen molar-refractivity contribution in [2.75, 3.05) is 4.90 Å². The number of benzene rings is 2. The number of terminal acetylenes is 1. The molecule has 0 aliphatic carbocycles. The Balaban J connectivity index is 1.66. The van der Waals surface area contributed by atoms with Crippen LogP contribution in [0.25, 0.3) is 20.2 Å². The molecule has 0 radical (unpaired) electrons. The first kappa shape index (κ1) is 33.3. The second-order valence-electron chi connectivity index (χ2n) is 10.7. The molecule has 232 valence electrons. The molecule has 0 aliphatic rings. The van der Waals surface area contributed by atoms with E-state index in [1.54, 1.807) is 22.7 Å². The molecule has 0 bridgehead atoms. The number of aliphatic hydroxyl groups is 2. The predicted octanol–water partition coefficient (Wildman–Crippen LogP) is 9.11. The average molecular weight is 651 g/mol. The molecule has 0 saturated carbocycles. The van der Waals surface area contributed by atoms with Crippen molar-refractivity contribution in [2.45, 2.75) is 52.2 Å². The molecule has 5 aromatic rings. The van der Waals surface area contributed by atoms with Crippen LogP contribution in [0.1, 0.15) is 54.9 Å². The summed E-state index contributed by atoms with van der Waals surface area (Å²) >= 11 is 3.45. The third kappa shape index (κ3) is 8.61. The minimum atomic E-state index is -0.0277. The summed E-state index contributed by atoms with van der Waals surface area (Å²) in [6, 6.07) is 24.3. The maximum absolute atomic E-state index is 9.68. The minimum absolute atomic E-state index is 0.0277. The van der Waals surface area contributed by atoms with Gasteiger partial charge in [-0.15, -0.1) is 29.1 Å². The topological polar surface area (TPSA) is 56.6 Å². The smallest absolute Gasteiger partial charge is 0.102 e. The molecular formula is C41H34N2O2S2. The van der Waals surface area contributed by atoms with E-state index < -0.39 is 0 Å². The highest BCUT2D eigenvalue weighted by Gasteiger charge is 2.21. The zero-order valence-corrected chi connectivity index (χ0v) is 27.8. The van der Waals surface area contributed by atoms with Crippen LogP contribution in [0.15, 0.2) is 85.2 Å². The van der Waals surface area contributed by atoms with Crippen molar-refractivity contribution >= 4 is 39.0 Å². The molecular weight excluding hydrogens is 617 g/mol. The third-order valence-corrected chi connectivity index (χ3v) is 10.0. The second-order valence-corrected chi connectivity index (χ2v) is 12.8. The van der Waals surface area contributed by atoms with E-state index in [0.717, 1.165) is 55.7 Å². The van der Waals surface area contributed by atoms with Gasteiger partial charge in [-0.3, -0.25) is 4.98 Å². The van der Waals surface area contributed by atoms with E-state index in [1.165, 1.54) is 35.3 Å². The van der Waals surface area contributed by atoms with Crippen molar-refractivity contribution in [3.05, 3.63) is 107 Å². The van der Waals surface area contributed by atoms with E-state index in [1.807, 2.05) is 60.9 Å². The molecule has 0 unspecified atom stereocenters.